The fraction of sp³-hybridized carbons (Fsp3) is 0.263. The molecule has 1 amide bonds. The zero-order valence-electron chi connectivity index (χ0n) is 13.7. The van der Waals surface area contributed by atoms with Crippen LogP contribution in [0.4, 0.5) is 0 Å². The van der Waals surface area contributed by atoms with Crippen molar-refractivity contribution in [2.75, 3.05) is 0 Å². The van der Waals surface area contributed by atoms with Gasteiger partial charge in [0.1, 0.15) is 0 Å². The molecule has 0 fully saturated rings. The molecule has 124 valence electrons. The van der Waals surface area contributed by atoms with Crippen molar-refractivity contribution in [3.8, 4) is 0 Å². The quantitative estimate of drug-likeness (QED) is 0.652. The fourth-order valence-electron chi connectivity index (χ4n) is 2.68. The third-order valence-corrected chi connectivity index (χ3v) is 4.14. The van der Waals surface area contributed by atoms with E-state index in [2.05, 4.69) is 46.5 Å². The third-order valence-electron chi connectivity index (χ3n) is 4.14. The Hall–Kier alpha value is -2.82. The Kier molecular flexibility index (Phi) is 4.79. The fourth-order valence-corrected chi connectivity index (χ4v) is 2.68. The second-order valence-corrected chi connectivity index (χ2v) is 5.91. The van der Waals surface area contributed by atoms with Crippen LogP contribution in [-0.2, 0) is 24.2 Å². The molecule has 0 aliphatic rings. The Morgan fingerprint density at radius 2 is 1.62 bits per heavy atom. The van der Waals surface area contributed by atoms with E-state index in [9.17, 15) is 9.59 Å². The molecule has 24 heavy (non-hydrogen) atoms. The predicted octanol–water partition coefficient (Wildman–Crippen LogP) is 2.67. The number of aryl methyl sites for hydroxylation is 2. The lowest BCUT2D eigenvalue weighted by molar-refractivity contribution is -0.121. The van der Waals surface area contributed by atoms with Gasteiger partial charge in [0.25, 0.3) is 0 Å². The van der Waals surface area contributed by atoms with Crippen molar-refractivity contribution < 1.29 is 4.79 Å². The Morgan fingerprint density at radius 3 is 2.38 bits per heavy atom. The van der Waals surface area contributed by atoms with Crippen LogP contribution < -0.4 is 11.0 Å². The molecule has 3 N–H and O–H groups in total. The maximum Gasteiger partial charge on any atom is 0.323 e. The third kappa shape index (κ3) is 3.93. The van der Waals surface area contributed by atoms with Gasteiger partial charge in [-0.3, -0.25) is 4.79 Å². The van der Waals surface area contributed by atoms with E-state index in [4.69, 9.17) is 0 Å². The minimum atomic E-state index is -0.222. The summed E-state index contributed by atoms with van der Waals surface area (Å²) in [6, 6.07) is 14.0. The summed E-state index contributed by atoms with van der Waals surface area (Å²) in [4.78, 5) is 28.7. The van der Waals surface area contributed by atoms with Crippen molar-refractivity contribution in [1.82, 2.24) is 15.3 Å². The molecule has 5 heteroatoms. The molecule has 5 nitrogen and oxygen atoms in total. The Bertz CT molecular complexity index is 891. The summed E-state index contributed by atoms with van der Waals surface area (Å²) in [7, 11) is 0. The van der Waals surface area contributed by atoms with Gasteiger partial charge in [0, 0.05) is 13.0 Å². The van der Waals surface area contributed by atoms with Crippen molar-refractivity contribution >= 4 is 16.9 Å². The first-order chi connectivity index (χ1) is 11.6. The van der Waals surface area contributed by atoms with Crippen molar-refractivity contribution in [3.63, 3.8) is 0 Å². The molecule has 3 aromatic rings. The lowest BCUT2D eigenvalue weighted by Crippen LogP contribution is -2.22. The number of imidazole rings is 1. The van der Waals surface area contributed by atoms with Crippen molar-refractivity contribution in [2.45, 2.75) is 32.7 Å². The molecule has 0 spiro atoms. The summed E-state index contributed by atoms with van der Waals surface area (Å²) < 4.78 is 0. The van der Waals surface area contributed by atoms with E-state index < -0.39 is 0 Å². The molecular weight excluding hydrogens is 302 g/mol. The number of amides is 1. The van der Waals surface area contributed by atoms with Crippen LogP contribution in [0.5, 0.6) is 0 Å². The van der Waals surface area contributed by atoms with Crippen LogP contribution in [0.15, 0.2) is 47.3 Å². The van der Waals surface area contributed by atoms with Crippen LogP contribution in [0.3, 0.4) is 0 Å². The molecule has 0 bridgehead atoms. The summed E-state index contributed by atoms with van der Waals surface area (Å²) in [5, 5.41) is 2.92. The number of carbonyl (C=O) groups excluding carboxylic acids is 1. The zero-order valence-corrected chi connectivity index (χ0v) is 13.7. The lowest BCUT2D eigenvalue weighted by atomic mass is 10.1. The largest absolute Gasteiger partial charge is 0.352 e. The van der Waals surface area contributed by atoms with Crippen LogP contribution in [0.1, 0.15) is 30.0 Å². The van der Waals surface area contributed by atoms with Gasteiger partial charge in [-0.1, -0.05) is 37.3 Å². The molecule has 0 radical (unpaired) electrons. The molecule has 0 atom stereocenters. The molecular formula is C19H21N3O2. The van der Waals surface area contributed by atoms with Gasteiger partial charge in [0.15, 0.2) is 0 Å². The topological polar surface area (TPSA) is 77.8 Å². The molecule has 0 saturated heterocycles. The average Bonchev–Trinajstić information content (AvgIpc) is 2.97. The van der Waals surface area contributed by atoms with Crippen LogP contribution in [0, 0.1) is 0 Å². The number of nitrogens with one attached hydrogen (secondary N) is 3. The summed E-state index contributed by atoms with van der Waals surface area (Å²) in [5.74, 6) is 0.0252. The Labute approximate surface area is 140 Å². The highest BCUT2D eigenvalue weighted by Gasteiger charge is 2.04. The average molecular weight is 323 g/mol. The molecule has 0 unspecified atom stereocenters. The molecule has 0 aliphatic carbocycles. The second-order valence-electron chi connectivity index (χ2n) is 5.91. The van der Waals surface area contributed by atoms with Crippen LogP contribution in [0.25, 0.3) is 11.0 Å². The van der Waals surface area contributed by atoms with Gasteiger partial charge in [-0.05, 0) is 41.7 Å². The maximum atomic E-state index is 12.0. The van der Waals surface area contributed by atoms with Crippen molar-refractivity contribution in [2.24, 2.45) is 0 Å². The van der Waals surface area contributed by atoms with Crippen LogP contribution in [-0.4, -0.2) is 15.9 Å². The number of benzene rings is 2. The first-order valence-electron chi connectivity index (χ1n) is 8.19. The number of carbonyl (C=O) groups is 1. The van der Waals surface area contributed by atoms with Gasteiger partial charge < -0.3 is 15.3 Å². The number of hydrogen-bond donors (Lipinski definition) is 3. The molecule has 3 rings (SSSR count). The van der Waals surface area contributed by atoms with Gasteiger partial charge in [-0.15, -0.1) is 0 Å². The molecule has 0 saturated carbocycles. The number of aromatic amines is 2. The smallest absolute Gasteiger partial charge is 0.323 e. The standard InChI is InChI=1S/C19H21N3O2/c1-2-13-3-5-14(6-4-13)8-10-18(23)20-12-15-7-9-16-17(11-15)22-19(24)21-16/h3-7,9,11H,2,8,10,12H2,1H3,(H,20,23)(H2,21,22,24). The van der Waals surface area contributed by atoms with Crippen molar-refractivity contribution in [1.29, 1.82) is 0 Å². The number of H-pyrrole nitrogens is 2. The van der Waals surface area contributed by atoms with Gasteiger partial charge >= 0.3 is 5.69 Å². The Morgan fingerprint density at radius 1 is 0.958 bits per heavy atom. The van der Waals surface area contributed by atoms with Crippen LogP contribution in [0.2, 0.25) is 0 Å². The normalized spacial score (nSPS) is 10.9. The van der Waals surface area contributed by atoms with Gasteiger partial charge in [0.2, 0.25) is 5.91 Å². The van der Waals surface area contributed by atoms with E-state index in [1.807, 2.05) is 18.2 Å². The highest BCUT2D eigenvalue weighted by molar-refractivity contribution is 5.77. The van der Waals surface area contributed by atoms with E-state index in [1.165, 1.54) is 11.1 Å². The first-order valence-corrected chi connectivity index (χ1v) is 8.19. The first kappa shape index (κ1) is 16.1. The van der Waals surface area contributed by atoms with E-state index in [0.717, 1.165) is 29.4 Å². The number of rotatable bonds is 6. The zero-order chi connectivity index (χ0) is 16.9. The van der Waals surface area contributed by atoms with Gasteiger partial charge in [-0.25, -0.2) is 4.79 Å². The summed E-state index contributed by atoms with van der Waals surface area (Å²) in [6.07, 6.45) is 2.23. The van der Waals surface area contributed by atoms with Gasteiger partial charge in [-0.2, -0.15) is 0 Å². The van der Waals surface area contributed by atoms with E-state index in [1.54, 1.807) is 0 Å². The second kappa shape index (κ2) is 7.17. The summed E-state index contributed by atoms with van der Waals surface area (Å²) in [5.41, 5.74) is 4.74. The number of fused-ring (bicyclic) bond motifs is 1. The highest BCUT2D eigenvalue weighted by atomic mass is 16.1. The Balaban J connectivity index is 1.51. The SMILES string of the molecule is CCc1ccc(CCC(=O)NCc2ccc3[nH]c(=O)[nH]c3c2)cc1. The maximum absolute atomic E-state index is 12.0. The monoisotopic (exact) mass is 323 g/mol. The molecule has 2 aromatic carbocycles. The van der Waals surface area contributed by atoms with E-state index in [-0.39, 0.29) is 11.6 Å². The number of aromatic nitrogens is 2. The summed E-state index contributed by atoms with van der Waals surface area (Å²) in [6.45, 7) is 2.58. The minimum Gasteiger partial charge on any atom is -0.352 e. The van der Waals surface area contributed by atoms with Crippen LogP contribution >= 0.6 is 0 Å². The molecule has 1 aromatic heterocycles. The highest BCUT2D eigenvalue weighted by Crippen LogP contribution is 2.10. The predicted molar refractivity (Wildman–Crippen MR) is 94.9 cm³/mol. The van der Waals surface area contributed by atoms with E-state index >= 15 is 0 Å². The minimum absolute atomic E-state index is 0.0252. The number of hydrogen-bond acceptors (Lipinski definition) is 2. The van der Waals surface area contributed by atoms with Gasteiger partial charge in [0.05, 0.1) is 11.0 Å². The van der Waals surface area contributed by atoms with Crippen molar-refractivity contribution in [3.05, 3.63) is 69.6 Å². The lowest BCUT2D eigenvalue weighted by Gasteiger charge is -2.06. The summed E-state index contributed by atoms with van der Waals surface area (Å²) >= 11 is 0. The molecule has 0 aliphatic heterocycles. The van der Waals surface area contributed by atoms with E-state index in [0.29, 0.717) is 13.0 Å². The molecule has 1 heterocycles.